The largest absolute Gasteiger partial charge is 0.478 e. The molecule has 0 saturated heterocycles. The SMILES string of the molecule is O=C(O)c1ccc2nnc(-c3cc(F)ccc3Br)n2c1. The highest BCUT2D eigenvalue weighted by Gasteiger charge is 2.14. The zero-order valence-electron chi connectivity index (χ0n) is 9.92. The number of aromatic carboxylic acids is 1. The maximum absolute atomic E-state index is 13.4. The van der Waals surface area contributed by atoms with Crippen molar-refractivity contribution in [2.45, 2.75) is 0 Å². The highest BCUT2D eigenvalue weighted by molar-refractivity contribution is 9.10. The molecule has 0 aliphatic carbocycles. The zero-order valence-corrected chi connectivity index (χ0v) is 11.5. The molecule has 3 aromatic rings. The maximum atomic E-state index is 13.4. The van der Waals surface area contributed by atoms with Crippen molar-refractivity contribution in [3.05, 3.63) is 52.4 Å². The molecule has 5 nitrogen and oxygen atoms in total. The highest BCUT2D eigenvalue weighted by Crippen LogP contribution is 2.28. The molecule has 0 unspecified atom stereocenters. The summed E-state index contributed by atoms with van der Waals surface area (Å²) in [6.07, 6.45) is 1.41. The number of carboxylic acids is 1. The number of carbonyl (C=O) groups is 1. The molecule has 0 bridgehead atoms. The van der Waals surface area contributed by atoms with E-state index in [0.717, 1.165) is 0 Å². The van der Waals surface area contributed by atoms with E-state index in [2.05, 4.69) is 26.1 Å². The van der Waals surface area contributed by atoms with Crippen LogP contribution in [0.1, 0.15) is 10.4 Å². The summed E-state index contributed by atoms with van der Waals surface area (Å²) in [6, 6.07) is 7.18. The molecule has 0 amide bonds. The van der Waals surface area contributed by atoms with Gasteiger partial charge in [0.1, 0.15) is 5.82 Å². The number of carboxylic acid groups (broad SMARTS) is 1. The third kappa shape index (κ3) is 2.05. The van der Waals surface area contributed by atoms with Crippen LogP contribution in [0.3, 0.4) is 0 Å². The number of rotatable bonds is 2. The summed E-state index contributed by atoms with van der Waals surface area (Å²) in [5.74, 6) is -1.09. The second-order valence-electron chi connectivity index (χ2n) is 4.10. The van der Waals surface area contributed by atoms with Crippen LogP contribution in [0, 0.1) is 5.82 Å². The van der Waals surface area contributed by atoms with Crippen LogP contribution in [0.25, 0.3) is 17.0 Å². The lowest BCUT2D eigenvalue weighted by Crippen LogP contribution is -1.99. The van der Waals surface area contributed by atoms with Crippen molar-refractivity contribution < 1.29 is 14.3 Å². The van der Waals surface area contributed by atoms with Gasteiger partial charge in [-0.25, -0.2) is 9.18 Å². The molecule has 1 N–H and O–H groups in total. The Morgan fingerprint density at radius 3 is 2.80 bits per heavy atom. The highest BCUT2D eigenvalue weighted by atomic mass is 79.9. The fourth-order valence-corrected chi connectivity index (χ4v) is 2.29. The van der Waals surface area contributed by atoms with Gasteiger partial charge < -0.3 is 5.11 Å². The van der Waals surface area contributed by atoms with Crippen LogP contribution >= 0.6 is 15.9 Å². The Hall–Kier alpha value is -2.28. The van der Waals surface area contributed by atoms with Gasteiger partial charge in [-0.1, -0.05) is 15.9 Å². The molecule has 0 atom stereocenters. The summed E-state index contributed by atoms with van der Waals surface area (Å²) in [4.78, 5) is 11.0. The van der Waals surface area contributed by atoms with Gasteiger partial charge in [-0.2, -0.15) is 0 Å². The predicted molar refractivity (Wildman–Crippen MR) is 73.0 cm³/mol. The van der Waals surface area contributed by atoms with E-state index in [1.54, 1.807) is 12.1 Å². The van der Waals surface area contributed by atoms with Crippen LogP contribution in [-0.2, 0) is 0 Å². The molecule has 0 fully saturated rings. The quantitative estimate of drug-likeness (QED) is 0.781. The molecule has 3 rings (SSSR count). The van der Waals surface area contributed by atoms with Crippen molar-refractivity contribution in [2.75, 3.05) is 0 Å². The van der Waals surface area contributed by atoms with Gasteiger partial charge in [0.05, 0.1) is 5.56 Å². The third-order valence-corrected chi connectivity index (χ3v) is 3.51. The molecule has 0 aliphatic heterocycles. The average molecular weight is 336 g/mol. The summed E-state index contributed by atoms with van der Waals surface area (Å²) in [6.45, 7) is 0. The van der Waals surface area contributed by atoms with Crippen molar-refractivity contribution in [2.24, 2.45) is 0 Å². The van der Waals surface area contributed by atoms with Gasteiger partial charge in [-0.15, -0.1) is 10.2 Å². The van der Waals surface area contributed by atoms with Crippen molar-refractivity contribution in [3.63, 3.8) is 0 Å². The summed E-state index contributed by atoms with van der Waals surface area (Å²) in [7, 11) is 0. The lowest BCUT2D eigenvalue weighted by molar-refractivity contribution is 0.0696. The van der Waals surface area contributed by atoms with Crippen molar-refractivity contribution in [1.29, 1.82) is 0 Å². The Labute approximate surface area is 120 Å². The monoisotopic (exact) mass is 335 g/mol. The number of halogens is 2. The average Bonchev–Trinajstić information content (AvgIpc) is 2.84. The Kier molecular flexibility index (Phi) is 2.98. The Morgan fingerprint density at radius 1 is 1.25 bits per heavy atom. The Bertz CT molecular complexity index is 832. The minimum atomic E-state index is -1.05. The van der Waals surface area contributed by atoms with Gasteiger partial charge in [0.15, 0.2) is 11.5 Å². The molecule has 100 valence electrons. The molecule has 0 spiro atoms. The smallest absolute Gasteiger partial charge is 0.337 e. The minimum Gasteiger partial charge on any atom is -0.478 e. The number of benzene rings is 1. The van der Waals surface area contributed by atoms with Gasteiger partial charge in [-0.3, -0.25) is 4.40 Å². The van der Waals surface area contributed by atoms with E-state index in [-0.39, 0.29) is 5.56 Å². The summed E-state index contributed by atoms with van der Waals surface area (Å²) in [5.41, 5.74) is 1.09. The van der Waals surface area contributed by atoms with Crippen LogP contribution in [0.5, 0.6) is 0 Å². The van der Waals surface area contributed by atoms with Crippen LogP contribution in [-0.4, -0.2) is 25.7 Å². The molecule has 1 aromatic carbocycles. The van der Waals surface area contributed by atoms with E-state index in [1.165, 1.54) is 28.8 Å². The molecule has 0 saturated carbocycles. The van der Waals surface area contributed by atoms with Crippen molar-refractivity contribution in [3.8, 4) is 11.4 Å². The standard InChI is InChI=1S/C13H7BrFN3O2/c14-10-3-2-8(15)5-9(10)12-17-16-11-4-1-7(13(19)20)6-18(11)12/h1-6H,(H,19,20). The van der Waals surface area contributed by atoms with Gasteiger partial charge in [0, 0.05) is 16.2 Å². The second kappa shape index (κ2) is 4.68. The number of aromatic nitrogens is 3. The van der Waals surface area contributed by atoms with Crippen molar-refractivity contribution in [1.82, 2.24) is 14.6 Å². The number of nitrogens with zero attached hydrogens (tertiary/aromatic N) is 3. The molecule has 2 aromatic heterocycles. The second-order valence-corrected chi connectivity index (χ2v) is 4.95. The molecular formula is C13H7BrFN3O2. The number of hydrogen-bond acceptors (Lipinski definition) is 3. The van der Waals surface area contributed by atoms with Gasteiger partial charge in [0.25, 0.3) is 0 Å². The number of fused-ring (bicyclic) bond motifs is 1. The van der Waals surface area contributed by atoms with Crippen LogP contribution in [0.15, 0.2) is 41.0 Å². The maximum Gasteiger partial charge on any atom is 0.337 e. The minimum absolute atomic E-state index is 0.103. The Balaban J connectivity index is 2.28. The van der Waals surface area contributed by atoms with E-state index < -0.39 is 11.8 Å². The van der Waals surface area contributed by atoms with E-state index in [4.69, 9.17) is 5.11 Å². The molecule has 0 radical (unpaired) electrons. The molecular weight excluding hydrogens is 329 g/mol. The molecule has 0 aliphatic rings. The Morgan fingerprint density at radius 2 is 2.05 bits per heavy atom. The fourth-order valence-electron chi connectivity index (χ4n) is 1.87. The first-order valence-electron chi connectivity index (χ1n) is 5.60. The van der Waals surface area contributed by atoms with E-state index in [1.807, 2.05) is 0 Å². The lowest BCUT2D eigenvalue weighted by Gasteiger charge is -2.04. The summed E-state index contributed by atoms with van der Waals surface area (Å²) in [5, 5.41) is 17.0. The van der Waals surface area contributed by atoms with E-state index in [0.29, 0.717) is 21.5 Å². The van der Waals surface area contributed by atoms with Crippen LogP contribution < -0.4 is 0 Å². The molecule has 2 heterocycles. The van der Waals surface area contributed by atoms with Crippen LogP contribution in [0.4, 0.5) is 4.39 Å². The third-order valence-electron chi connectivity index (χ3n) is 2.82. The number of hydrogen-bond donors (Lipinski definition) is 1. The zero-order chi connectivity index (χ0) is 14.3. The van der Waals surface area contributed by atoms with Gasteiger partial charge in [0.2, 0.25) is 0 Å². The summed E-state index contributed by atoms with van der Waals surface area (Å²) < 4.78 is 15.5. The first-order valence-corrected chi connectivity index (χ1v) is 6.39. The lowest BCUT2D eigenvalue weighted by atomic mass is 10.2. The number of pyridine rings is 1. The molecule has 20 heavy (non-hydrogen) atoms. The van der Waals surface area contributed by atoms with E-state index in [9.17, 15) is 9.18 Å². The normalized spacial score (nSPS) is 10.9. The first kappa shape index (κ1) is 12.7. The predicted octanol–water partition coefficient (Wildman–Crippen LogP) is 3.00. The van der Waals surface area contributed by atoms with Gasteiger partial charge >= 0.3 is 5.97 Å². The summed E-state index contributed by atoms with van der Waals surface area (Å²) >= 11 is 3.32. The topological polar surface area (TPSA) is 67.5 Å². The van der Waals surface area contributed by atoms with Crippen molar-refractivity contribution >= 4 is 27.5 Å². The van der Waals surface area contributed by atoms with Crippen LogP contribution in [0.2, 0.25) is 0 Å². The first-order chi connectivity index (χ1) is 9.56. The molecule has 7 heteroatoms. The fraction of sp³-hybridized carbons (Fsp3) is 0. The van der Waals surface area contributed by atoms with Gasteiger partial charge in [-0.05, 0) is 30.3 Å². The van der Waals surface area contributed by atoms with E-state index >= 15 is 0 Å².